The average Bonchev–Trinajstić information content (AvgIpc) is 1.98. The number of nitrogens with one attached hydrogen (secondary N) is 1. The molecular formula is C9H23N2+. The zero-order valence-corrected chi connectivity index (χ0v) is 8.65. The van der Waals surface area contributed by atoms with Crippen molar-refractivity contribution < 1.29 is 5.01 Å². The topological polar surface area (TPSA) is 7.68 Å². The molecule has 0 aliphatic rings. The number of unbranched alkanes of at least 4 members (excludes halogenated alkanes) is 1. The molecule has 0 saturated heterocycles. The van der Waals surface area contributed by atoms with Gasteiger partial charge in [-0.3, -0.25) is 5.01 Å². The highest BCUT2D eigenvalue weighted by Gasteiger charge is 2.11. The normalized spacial score (nSPS) is 14.5. The van der Waals surface area contributed by atoms with Crippen molar-refractivity contribution in [2.24, 2.45) is 0 Å². The number of hydrogen-bond donors (Lipinski definition) is 1. The Balaban J connectivity index is 3.55. The molecule has 0 aromatic carbocycles. The summed E-state index contributed by atoms with van der Waals surface area (Å²) in [7, 11) is 4.41. The molecule has 1 unspecified atom stereocenters. The van der Waals surface area contributed by atoms with Crippen LogP contribution in [0.1, 0.15) is 33.6 Å². The summed E-state index contributed by atoms with van der Waals surface area (Å²) in [6, 6.07) is 0.692. The van der Waals surface area contributed by atoms with Gasteiger partial charge in [0.2, 0.25) is 0 Å². The highest BCUT2D eigenvalue weighted by atomic mass is 15.6. The van der Waals surface area contributed by atoms with Crippen LogP contribution in [0.15, 0.2) is 0 Å². The molecule has 0 amide bonds. The summed E-state index contributed by atoms with van der Waals surface area (Å²) in [6.45, 7) is 7.94. The van der Waals surface area contributed by atoms with E-state index in [1.54, 1.807) is 0 Å². The molecule has 0 spiro atoms. The fraction of sp³-hybridized carbons (Fsp3) is 1.00. The van der Waals surface area contributed by atoms with E-state index in [2.05, 4.69) is 39.9 Å². The lowest BCUT2D eigenvalue weighted by atomic mass is 10.3. The van der Waals surface area contributed by atoms with Crippen molar-refractivity contribution in [1.29, 1.82) is 0 Å². The van der Waals surface area contributed by atoms with Gasteiger partial charge in [-0.25, -0.2) is 0 Å². The number of quaternary nitrogens is 1. The molecule has 0 saturated carbocycles. The first kappa shape index (κ1) is 10.9. The number of nitrogens with zero attached hydrogens (tertiary/aromatic N) is 1. The third kappa shape index (κ3) is 4.38. The van der Waals surface area contributed by atoms with Gasteiger partial charge in [-0.2, -0.15) is 5.01 Å². The first-order valence-electron chi connectivity index (χ1n) is 4.64. The Bertz CT molecular complexity index is 91.6. The molecule has 0 rings (SSSR count). The van der Waals surface area contributed by atoms with Crippen LogP contribution in [0.3, 0.4) is 0 Å². The van der Waals surface area contributed by atoms with E-state index in [4.69, 9.17) is 0 Å². The van der Waals surface area contributed by atoms with Gasteiger partial charge in [0, 0.05) is 13.6 Å². The molecule has 0 aromatic rings. The van der Waals surface area contributed by atoms with E-state index >= 15 is 0 Å². The van der Waals surface area contributed by atoms with Crippen LogP contribution in [0.2, 0.25) is 0 Å². The molecule has 2 heteroatoms. The first-order valence-corrected chi connectivity index (χ1v) is 4.64. The lowest BCUT2D eigenvalue weighted by Gasteiger charge is -2.27. The van der Waals surface area contributed by atoms with Gasteiger partial charge < -0.3 is 0 Å². The summed E-state index contributed by atoms with van der Waals surface area (Å²) in [6.07, 6.45) is 2.59. The number of rotatable bonds is 5. The summed E-state index contributed by atoms with van der Waals surface area (Å²) in [5.74, 6) is 0. The maximum absolute atomic E-state index is 2.37. The standard InChI is InChI=1S/C9H22N2/c1-6-7-8-10(4)11(5)9(2)3/h9H,6-8H2,1-5H3/p+1. The Kier molecular flexibility index (Phi) is 5.51. The predicted octanol–water partition coefficient (Wildman–Crippen LogP) is 0.556. The average molecular weight is 159 g/mol. The Hall–Kier alpha value is -0.0800. The van der Waals surface area contributed by atoms with Gasteiger partial charge in [0.25, 0.3) is 0 Å². The molecule has 0 aliphatic carbocycles. The second kappa shape index (κ2) is 5.56. The van der Waals surface area contributed by atoms with Gasteiger partial charge in [-0.1, -0.05) is 13.3 Å². The minimum atomic E-state index is 0.692. The van der Waals surface area contributed by atoms with Gasteiger partial charge in [-0.05, 0) is 20.3 Å². The molecule has 0 aliphatic heterocycles. The van der Waals surface area contributed by atoms with Crippen LogP contribution in [-0.2, 0) is 0 Å². The summed E-state index contributed by atoms with van der Waals surface area (Å²) in [4.78, 5) is 0. The minimum Gasteiger partial charge on any atom is -0.256 e. The van der Waals surface area contributed by atoms with Crippen molar-refractivity contribution >= 4 is 0 Å². The summed E-state index contributed by atoms with van der Waals surface area (Å²) >= 11 is 0. The Morgan fingerprint density at radius 2 is 1.91 bits per heavy atom. The highest BCUT2D eigenvalue weighted by Crippen LogP contribution is 1.85. The monoisotopic (exact) mass is 159 g/mol. The van der Waals surface area contributed by atoms with E-state index in [0.717, 1.165) is 0 Å². The van der Waals surface area contributed by atoms with Crippen molar-refractivity contribution in [1.82, 2.24) is 5.01 Å². The number of hydrogen-bond acceptors (Lipinski definition) is 1. The highest BCUT2D eigenvalue weighted by molar-refractivity contribution is 4.37. The van der Waals surface area contributed by atoms with Crippen molar-refractivity contribution in [2.45, 2.75) is 39.7 Å². The smallest absolute Gasteiger partial charge is 0.0991 e. The second-order valence-electron chi connectivity index (χ2n) is 3.57. The van der Waals surface area contributed by atoms with Crippen LogP contribution >= 0.6 is 0 Å². The molecule has 0 bridgehead atoms. The van der Waals surface area contributed by atoms with E-state index in [9.17, 15) is 0 Å². The van der Waals surface area contributed by atoms with Crippen molar-refractivity contribution in [3.63, 3.8) is 0 Å². The summed E-state index contributed by atoms with van der Waals surface area (Å²) < 4.78 is 0. The fourth-order valence-electron chi connectivity index (χ4n) is 1.01. The lowest BCUT2D eigenvalue weighted by Crippen LogP contribution is -3.17. The Morgan fingerprint density at radius 3 is 2.27 bits per heavy atom. The van der Waals surface area contributed by atoms with E-state index in [0.29, 0.717) is 6.04 Å². The summed E-state index contributed by atoms with van der Waals surface area (Å²) in [5, 5.41) is 3.87. The van der Waals surface area contributed by atoms with Gasteiger partial charge in [0.15, 0.2) is 0 Å². The molecular weight excluding hydrogens is 136 g/mol. The van der Waals surface area contributed by atoms with E-state index in [1.807, 2.05) is 0 Å². The van der Waals surface area contributed by atoms with Gasteiger partial charge in [0.1, 0.15) is 0 Å². The molecule has 11 heavy (non-hydrogen) atoms. The van der Waals surface area contributed by atoms with E-state index < -0.39 is 0 Å². The molecule has 68 valence electrons. The molecule has 1 N–H and O–H groups in total. The van der Waals surface area contributed by atoms with Gasteiger partial charge in [0.05, 0.1) is 13.1 Å². The zero-order chi connectivity index (χ0) is 8.85. The van der Waals surface area contributed by atoms with Crippen molar-refractivity contribution in [3.05, 3.63) is 0 Å². The minimum absolute atomic E-state index is 0.692. The van der Waals surface area contributed by atoms with Crippen LogP contribution in [0.5, 0.6) is 0 Å². The molecule has 0 aromatic heterocycles. The summed E-state index contributed by atoms with van der Waals surface area (Å²) in [5.41, 5.74) is 0. The van der Waals surface area contributed by atoms with Crippen LogP contribution < -0.4 is 5.01 Å². The molecule has 0 radical (unpaired) electrons. The van der Waals surface area contributed by atoms with E-state index in [1.165, 1.54) is 24.4 Å². The van der Waals surface area contributed by atoms with Crippen molar-refractivity contribution in [3.8, 4) is 0 Å². The molecule has 0 fully saturated rings. The lowest BCUT2D eigenvalue weighted by molar-refractivity contribution is -1.01. The van der Waals surface area contributed by atoms with Crippen LogP contribution in [0.4, 0.5) is 0 Å². The molecule has 0 heterocycles. The van der Waals surface area contributed by atoms with Crippen LogP contribution in [0.25, 0.3) is 0 Å². The molecule has 2 nitrogen and oxygen atoms in total. The predicted molar refractivity (Wildman–Crippen MR) is 49.6 cm³/mol. The van der Waals surface area contributed by atoms with Crippen LogP contribution in [-0.4, -0.2) is 31.7 Å². The van der Waals surface area contributed by atoms with Gasteiger partial charge in [-0.15, -0.1) is 0 Å². The largest absolute Gasteiger partial charge is 0.256 e. The van der Waals surface area contributed by atoms with E-state index in [-0.39, 0.29) is 0 Å². The molecule has 1 atom stereocenters. The Morgan fingerprint density at radius 1 is 1.36 bits per heavy atom. The maximum atomic E-state index is 2.37. The SMILES string of the molecule is CCCCN(C)[NH+](C)C(C)C. The zero-order valence-electron chi connectivity index (χ0n) is 8.65. The maximum Gasteiger partial charge on any atom is 0.0991 e. The fourth-order valence-corrected chi connectivity index (χ4v) is 1.01. The quantitative estimate of drug-likeness (QED) is 0.576. The third-order valence-electron chi connectivity index (χ3n) is 2.28. The third-order valence-corrected chi connectivity index (χ3v) is 2.28. The van der Waals surface area contributed by atoms with Crippen molar-refractivity contribution in [2.75, 3.05) is 20.6 Å². The Labute approximate surface area is 71.1 Å². The van der Waals surface area contributed by atoms with Crippen LogP contribution in [0, 0.1) is 0 Å². The second-order valence-corrected chi connectivity index (χ2v) is 3.57. The van der Waals surface area contributed by atoms with Gasteiger partial charge >= 0.3 is 0 Å². The first-order chi connectivity index (χ1) is 5.09.